The summed E-state index contributed by atoms with van der Waals surface area (Å²) in [6.07, 6.45) is 0. The molecule has 0 saturated heterocycles. The Labute approximate surface area is 115 Å². The average Bonchev–Trinajstić information content (AvgIpc) is 2.67. The van der Waals surface area contributed by atoms with Gasteiger partial charge in [0.25, 0.3) is 0 Å². The van der Waals surface area contributed by atoms with Crippen LogP contribution >= 0.6 is 50.5 Å². The van der Waals surface area contributed by atoms with Crippen LogP contribution in [0.5, 0.6) is 0 Å². The van der Waals surface area contributed by atoms with Gasteiger partial charge in [-0.25, -0.2) is 4.39 Å². The molecule has 0 N–H and O–H groups in total. The average molecular weight is 340 g/mol. The first-order chi connectivity index (χ1) is 7.58. The van der Waals surface area contributed by atoms with Gasteiger partial charge in [-0.2, -0.15) is 0 Å². The van der Waals surface area contributed by atoms with Crippen molar-refractivity contribution in [2.24, 2.45) is 0 Å². The molecule has 1 aromatic heterocycles. The highest BCUT2D eigenvalue weighted by Crippen LogP contribution is 2.37. The van der Waals surface area contributed by atoms with E-state index in [2.05, 4.69) is 15.9 Å². The SMILES string of the molecule is Fc1ccc(Br)cc1C(Cl)c1ccc(Cl)s1. The normalized spacial score (nSPS) is 12.8. The second-order valence-corrected chi connectivity index (χ2v) is 6.27. The minimum absolute atomic E-state index is 0.312. The summed E-state index contributed by atoms with van der Waals surface area (Å²) in [5, 5.41) is -0.505. The molecule has 0 bridgehead atoms. The van der Waals surface area contributed by atoms with E-state index >= 15 is 0 Å². The molecule has 1 unspecified atom stereocenters. The van der Waals surface area contributed by atoms with E-state index in [0.717, 1.165) is 9.35 Å². The zero-order valence-corrected chi connectivity index (χ0v) is 11.8. The Bertz CT molecular complexity index is 512. The van der Waals surface area contributed by atoms with Crippen molar-refractivity contribution in [2.45, 2.75) is 5.38 Å². The molecule has 0 aliphatic heterocycles. The van der Waals surface area contributed by atoms with Gasteiger partial charge < -0.3 is 0 Å². The number of thiophene rings is 1. The number of hydrogen-bond donors (Lipinski definition) is 0. The van der Waals surface area contributed by atoms with E-state index in [-0.39, 0.29) is 5.82 Å². The van der Waals surface area contributed by atoms with Gasteiger partial charge in [0.05, 0.1) is 9.71 Å². The van der Waals surface area contributed by atoms with Gasteiger partial charge in [0.15, 0.2) is 0 Å². The Morgan fingerprint density at radius 2 is 2.00 bits per heavy atom. The van der Waals surface area contributed by atoms with Gasteiger partial charge in [-0.1, -0.05) is 27.5 Å². The summed E-state index contributed by atoms with van der Waals surface area (Å²) in [5.41, 5.74) is 0.453. The first-order valence-corrected chi connectivity index (χ1v) is 6.84. The molecule has 0 saturated carbocycles. The molecule has 0 aliphatic rings. The standard InChI is InChI=1S/C11H6BrCl2FS/c12-6-1-2-8(15)7(5-6)11(14)9-3-4-10(13)16-9/h1-5,11H. The van der Waals surface area contributed by atoms with Gasteiger partial charge in [-0.15, -0.1) is 22.9 Å². The molecule has 84 valence electrons. The third-order valence-corrected chi connectivity index (χ3v) is 4.46. The lowest BCUT2D eigenvalue weighted by molar-refractivity contribution is 0.612. The quantitative estimate of drug-likeness (QED) is 0.622. The van der Waals surface area contributed by atoms with Crippen LogP contribution < -0.4 is 0 Å². The fourth-order valence-corrected chi connectivity index (χ4v) is 3.14. The first kappa shape index (κ1) is 12.4. The monoisotopic (exact) mass is 338 g/mol. The molecule has 0 amide bonds. The van der Waals surface area contributed by atoms with Gasteiger partial charge in [0.2, 0.25) is 0 Å². The van der Waals surface area contributed by atoms with Crippen molar-refractivity contribution in [2.75, 3.05) is 0 Å². The lowest BCUT2D eigenvalue weighted by Gasteiger charge is -2.09. The predicted molar refractivity (Wildman–Crippen MR) is 71.1 cm³/mol. The van der Waals surface area contributed by atoms with Crippen LogP contribution in [0.15, 0.2) is 34.8 Å². The summed E-state index contributed by atoms with van der Waals surface area (Å²) in [5.74, 6) is -0.312. The molecule has 1 heterocycles. The predicted octanol–water partition coefficient (Wildman–Crippen LogP) is 5.63. The summed E-state index contributed by atoms with van der Waals surface area (Å²) < 4.78 is 15.0. The highest BCUT2D eigenvalue weighted by molar-refractivity contribution is 9.10. The summed E-state index contributed by atoms with van der Waals surface area (Å²) in [4.78, 5) is 0.837. The maximum absolute atomic E-state index is 13.6. The van der Waals surface area contributed by atoms with Crippen molar-refractivity contribution in [1.29, 1.82) is 0 Å². The van der Waals surface area contributed by atoms with Crippen molar-refractivity contribution < 1.29 is 4.39 Å². The molecule has 2 rings (SSSR count). The maximum atomic E-state index is 13.6. The summed E-state index contributed by atoms with van der Waals surface area (Å²) in [7, 11) is 0. The molecule has 16 heavy (non-hydrogen) atoms. The van der Waals surface area contributed by atoms with Gasteiger partial charge in [-0.05, 0) is 30.3 Å². The second-order valence-electron chi connectivity index (χ2n) is 3.17. The third-order valence-electron chi connectivity index (χ3n) is 2.07. The molecule has 5 heteroatoms. The number of benzene rings is 1. The van der Waals surface area contributed by atoms with Crippen molar-refractivity contribution in [1.82, 2.24) is 0 Å². The Morgan fingerprint density at radius 3 is 2.62 bits per heavy atom. The van der Waals surface area contributed by atoms with Crippen LogP contribution in [-0.2, 0) is 0 Å². The zero-order valence-electron chi connectivity index (χ0n) is 7.88. The van der Waals surface area contributed by atoms with Crippen molar-refractivity contribution in [3.8, 4) is 0 Å². The number of hydrogen-bond acceptors (Lipinski definition) is 1. The third kappa shape index (κ3) is 2.59. The summed E-state index contributed by atoms with van der Waals surface area (Å²) >= 11 is 16.7. The zero-order chi connectivity index (χ0) is 11.7. The van der Waals surface area contributed by atoms with Crippen molar-refractivity contribution >= 4 is 50.5 Å². The van der Waals surface area contributed by atoms with E-state index < -0.39 is 5.38 Å². The van der Waals surface area contributed by atoms with Gasteiger partial charge in [0, 0.05) is 14.9 Å². The highest BCUT2D eigenvalue weighted by Gasteiger charge is 2.17. The molecule has 1 aromatic carbocycles. The van der Waals surface area contributed by atoms with E-state index in [9.17, 15) is 4.39 Å². The molecule has 0 radical (unpaired) electrons. The van der Waals surface area contributed by atoms with Gasteiger partial charge in [0.1, 0.15) is 5.82 Å². The summed E-state index contributed by atoms with van der Waals surface area (Å²) in [6, 6.07) is 8.28. The number of halogens is 4. The van der Waals surface area contributed by atoms with Crippen LogP contribution in [0.2, 0.25) is 4.34 Å². The number of rotatable bonds is 2. The smallest absolute Gasteiger partial charge is 0.128 e. The molecule has 0 nitrogen and oxygen atoms in total. The van der Waals surface area contributed by atoms with Crippen LogP contribution in [0, 0.1) is 5.82 Å². The minimum Gasteiger partial charge on any atom is -0.207 e. The van der Waals surface area contributed by atoms with E-state index in [0.29, 0.717) is 9.90 Å². The van der Waals surface area contributed by atoms with E-state index in [1.165, 1.54) is 17.4 Å². The first-order valence-electron chi connectivity index (χ1n) is 4.42. The number of alkyl halides is 1. The maximum Gasteiger partial charge on any atom is 0.128 e. The summed E-state index contributed by atoms with van der Waals surface area (Å²) in [6.45, 7) is 0. The minimum atomic E-state index is -0.505. The van der Waals surface area contributed by atoms with E-state index in [4.69, 9.17) is 23.2 Å². The Hall–Kier alpha value is -0.0900. The molecular weight excluding hydrogens is 334 g/mol. The highest BCUT2D eigenvalue weighted by atomic mass is 79.9. The van der Waals surface area contributed by atoms with Crippen LogP contribution in [0.1, 0.15) is 15.8 Å². The second kappa shape index (κ2) is 5.05. The van der Waals surface area contributed by atoms with Crippen LogP contribution in [0.25, 0.3) is 0 Å². The lowest BCUT2D eigenvalue weighted by atomic mass is 10.1. The fraction of sp³-hybridized carbons (Fsp3) is 0.0909. The van der Waals surface area contributed by atoms with E-state index in [1.807, 2.05) is 6.07 Å². The van der Waals surface area contributed by atoms with Crippen molar-refractivity contribution in [3.05, 3.63) is 55.4 Å². The van der Waals surface area contributed by atoms with Gasteiger partial charge >= 0.3 is 0 Å². The molecule has 1 atom stereocenters. The van der Waals surface area contributed by atoms with Crippen LogP contribution in [0.4, 0.5) is 4.39 Å². The molecule has 0 fully saturated rings. The lowest BCUT2D eigenvalue weighted by Crippen LogP contribution is -1.94. The van der Waals surface area contributed by atoms with Gasteiger partial charge in [-0.3, -0.25) is 0 Å². The van der Waals surface area contributed by atoms with E-state index in [1.54, 1.807) is 18.2 Å². The Kier molecular flexibility index (Phi) is 3.90. The van der Waals surface area contributed by atoms with Crippen molar-refractivity contribution in [3.63, 3.8) is 0 Å². The van der Waals surface area contributed by atoms with Crippen LogP contribution in [0.3, 0.4) is 0 Å². The molecule has 2 aromatic rings. The topological polar surface area (TPSA) is 0 Å². The molecule has 0 spiro atoms. The fourth-order valence-electron chi connectivity index (χ4n) is 1.33. The van der Waals surface area contributed by atoms with Crippen LogP contribution in [-0.4, -0.2) is 0 Å². The molecule has 0 aliphatic carbocycles. The molecular formula is C11H6BrCl2FS. The Balaban J connectivity index is 2.40. The largest absolute Gasteiger partial charge is 0.207 e. The Morgan fingerprint density at radius 1 is 1.25 bits per heavy atom.